The van der Waals surface area contributed by atoms with E-state index in [-0.39, 0.29) is 6.61 Å². The molecule has 1 aromatic rings. The van der Waals surface area contributed by atoms with Gasteiger partial charge in [0.1, 0.15) is 11.9 Å². The number of hydrogen-bond acceptors (Lipinski definition) is 3. The zero-order chi connectivity index (χ0) is 10.5. The highest BCUT2D eigenvalue weighted by Gasteiger charge is 2.19. The van der Waals surface area contributed by atoms with E-state index in [4.69, 9.17) is 9.84 Å². The third-order valence-electron chi connectivity index (χ3n) is 2.43. The first kappa shape index (κ1) is 10.8. The number of aliphatic hydroxyl groups excluding tert-OH is 1. The molecule has 0 aliphatic carbocycles. The highest BCUT2D eigenvalue weighted by atomic mass is 32.2. The summed E-state index contributed by atoms with van der Waals surface area (Å²) in [4.78, 5) is 0. The van der Waals surface area contributed by atoms with Gasteiger partial charge in [-0.1, -0.05) is 12.1 Å². The lowest BCUT2D eigenvalue weighted by molar-refractivity contribution is 0.240. The van der Waals surface area contributed by atoms with Crippen molar-refractivity contribution < 1.29 is 9.84 Å². The molecule has 1 aliphatic heterocycles. The number of benzene rings is 1. The second-order valence-electron chi connectivity index (χ2n) is 3.75. The average Bonchev–Trinajstić information content (AvgIpc) is 2.21. The summed E-state index contributed by atoms with van der Waals surface area (Å²) in [6.07, 6.45) is 2.15. The van der Waals surface area contributed by atoms with Crippen LogP contribution in [0.3, 0.4) is 0 Å². The fourth-order valence-corrected chi connectivity index (χ4v) is 2.10. The molecule has 1 heterocycles. The fraction of sp³-hybridized carbons (Fsp3) is 0.500. The molecule has 0 saturated carbocycles. The first-order valence-corrected chi connectivity index (χ1v) is 6.48. The van der Waals surface area contributed by atoms with Crippen LogP contribution in [0, 0.1) is 0 Å². The van der Waals surface area contributed by atoms with E-state index in [1.165, 1.54) is 5.56 Å². The van der Waals surface area contributed by atoms with E-state index < -0.39 is 0 Å². The Labute approximate surface area is 94.6 Å². The SMILES string of the molecule is OCCCc1cccc(OC2CSC2)c1. The Morgan fingerprint density at radius 2 is 2.27 bits per heavy atom. The molecule has 1 aromatic carbocycles. The fourth-order valence-electron chi connectivity index (χ4n) is 1.53. The third-order valence-corrected chi connectivity index (χ3v) is 3.65. The average molecular weight is 224 g/mol. The van der Waals surface area contributed by atoms with E-state index in [1.807, 2.05) is 23.9 Å². The van der Waals surface area contributed by atoms with Crippen LogP contribution in [-0.4, -0.2) is 29.3 Å². The van der Waals surface area contributed by atoms with Crippen molar-refractivity contribution in [2.45, 2.75) is 18.9 Å². The summed E-state index contributed by atoms with van der Waals surface area (Å²) < 4.78 is 5.79. The number of thioether (sulfide) groups is 1. The molecule has 1 aliphatic rings. The molecule has 1 saturated heterocycles. The summed E-state index contributed by atoms with van der Waals surface area (Å²) in [5, 5.41) is 8.76. The smallest absolute Gasteiger partial charge is 0.120 e. The van der Waals surface area contributed by atoms with Gasteiger partial charge in [0.05, 0.1) is 0 Å². The maximum atomic E-state index is 8.76. The van der Waals surface area contributed by atoms with Crippen LogP contribution in [-0.2, 0) is 6.42 Å². The number of aliphatic hydroxyl groups is 1. The van der Waals surface area contributed by atoms with Crippen LogP contribution in [0.15, 0.2) is 24.3 Å². The lowest BCUT2D eigenvalue weighted by Gasteiger charge is -2.26. The molecule has 2 nitrogen and oxygen atoms in total. The standard InChI is InChI=1S/C12H16O2S/c13-6-2-4-10-3-1-5-11(7-10)14-12-8-15-9-12/h1,3,5,7,12-13H,2,4,6,8-9H2. The van der Waals surface area contributed by atoms with Gasteiger partial charge in [0.2, 0.25) is 0 Å². The molecule has 82 valence electrons. The van der Waals surface area contributed by atoms with E-state index in [9.17, 15) is 0 Å². The molecule has 2 rings (SSSR count). The van der Waals surface area contributed by atoms with Crippen LogP contribution in [0.4, 0.5) is 0 Å². The van der Waals surface area contributed by atoms with Crippen molar-refractivity contribution in [2.24, 2.45) is 0 Å². The van der Waals surface area contributed by atoms with Gasteiger partial charge in [0.15, 0.2) is 0 Å². The molecule has 0 bridgehead atoms. The largest absolute Gasteiger partial charge is 0.489 e. The van der Waals surface area contributed by atoms with E-state index >= 15 is 0 Å². The second-order valence-corrected chi connectivity index (χ2v) is 4.83. The Kier molecular flexibility index (Phi) is 3.92. The van der Waals surface area contributed by atoms with Crippen LogP contribution in [0.5, 0.6) is 5.75 Å². The van der Waals surface area contributed by atoms with E-state index in [2.05, 4.69) is 12.1 Å². The van der Waals surface area contributed by atoms with Crippen LogP contribution >= 0.6 is 11.8 Å². The summed E-state index contributed by atoms with van der Waals surface area (Å²) in [5.74, 6) is 3.19. The summed E-state index contributed by atoms with van der Waals surface area (Å²) >= 11 is 1.92. The first-order valence-electron chi connectivity index (χ1n) is 5.32. The summed E-state index contributed by atoms with van der Waals surface area (Å²) in [6.45, 7) is 0.254. The van der Waals surface area contributed by atoms with Crippen LogP contribution in [0.25, 0.3) is 0 Å². The van der Waals surface area contributed by atoms with Crippen molar-refractivity contribution >= 4 is 11.8 Å². The van der Waals surface area contributed by atoms with E-state index in [1.54, 1.807) is 0 Å². The van der Waals surface area contributed by atoms with E-state index in [0.717, 1.165) is 30.1 Å². The van der Waals surface area contributed by atoms with Crippen molar-refractivity contribution in [3.05, 3.63) is 29.8 Å². The van der Waals surface area contributed by atoms with Gasteiger partial charge in [-0.15, -0.1) is 0 Å². The summed E-state index contributed by atoms with van der Waals surface area (Å²) in [7, 11) is 0. The topological polar surface area (TPSA) is 29.5 Å². The maximum Gasteiger partial charge on any atom is 0.120 e. The molecule has 0 unspecified atom stereocenters. The predicted molar refractivity (Wildman–Crippen MR) is 63.6 cm³/mol. The van der Waals surface area contributed by atoms with Gasteiger partial charge in [-0.3, -0.25) is 0 Å². The van der Waals surface area contributed by atoms with Gasteiger partial charge in [-0.25, -0.2) is 0 Å². The van der Waals surface area contributed by atoms with Gasteiger partial charge in [-0.05, 0) is 30.5 Å². The number of ether oxygens (including phenoxy) is 1. The maximum absolute atomic E-state index is 8.76. The minimum atomic E-state index is 0.254. The van der Waals surface area contributed by atoms with Crippen LogP contribution in [0.1, 0.15) is 12.0 Å². The highest BCUT2D eigenvalue weighted by Crippen LogP contribution is 2.24. The Hall–Kier alpha value is -0.670. The van der Waals surface area contributed by atoms with Crippen molar-refractivity contribution in [3.63, 3.8) is 0 Å². The molecule has 15 heavy (non-hydrogen) atoms. The second kappa shape index (κ2) is 5.42. The monoisotopic (exact) mass is 224 g/mol. The summed E-state index contributed by atoms with van der Waals surface area (Å²) in [6, 6.07) is 8.19. The predicted octanol–water partition coefficient (Wildman–Crippen LogP) is 2.11. The van der Waals surface area contributed by atoms with Gasteiger partial charge in [-0.2, -0.15) is 11.8 Å². The van der Waals surface area contributed by atoms with Gasteiger partial charge < -0.3 is 9.84 Å². The Balaban J connectivity index is 1.92. The quantitative estimate of drug-likeness (QED) is 0.830. The highest BCUT2D eigenvalue weighted by molar-refractivity contribution is 8.00. The Morgan fingerprint density at radius 1 is 1.40 bits per heavy atom. The molecule has 0 amide bonds. The van der Waals surface area contributed by atoms with Crippen molar-refractivity contribution in [3.8, 4) is 5.75 Å². The Morgan fingerprint density at radius 3 is 2.93 bits per heavy atom. The van der Waals surface area contributed by atoms with Crippen molar-refractivity contribution in [1.82, 2.24) is 0 Å². The first-order chi connectivity index (χ1) is 7.38. The zero-order valence-electron chi connectivity index (χ0n) is 8.69. The normalized spacial score (nSPS) is 16.1. The minimum Gasteiger partial charge on any atom is -0.489 e. The molecule has 3 heteroatoms. The minimum absolute atomic E-state index is 0.254. The molecule has 1 N–H and O–H groups in total. The molecular weight excluding hydrogens is 208 g/mol. The molecule has 0 atom stereocenters. The Bertz CT molecular complexity index is 310. The molecule has 0 radical (unpaired) electrons. The lowest BCUT2D eigenvalue weighted by atomic mass is 10.1. The number of aryl methyl sites for hydroxylation is 1. The third kappa shape index (κ3) is 3.14. The molecule has 1 fully saturated rings. The van der Waals surface area contributed by atoms with Gasteiger partial charge in [0.25, 0.3) is 0 Å². The van der Waals surface area contributed by atoms with E-state index in [0.29, 0.717) is 6.10 Å². The van der Waals surface area contributed by atoms with Gasteiger partial charge in [0, 0.05) is 18.1 Å². The van der Waals surface area contributed by atoms with Crippen LogP contribution < -0.4 is 4.74 Å². The number of rotatable bonds is 5. The molecule has 0 aromatic heterocycles. The van der Waals surface area contributed by atoms with Crippen LogP contribution in [0.2, 0.25) is 0 Å². The zero-order valence-corrected chi connectivity index (χ0v) is 9.50. The molecule has 0 spiro atoms. The van der Waals surface area contributed by atoms with Crippen molar-refractivity contribution in [2.75, 3.05) is 18.1 Å². The lowest BCUT2D eigenvalue weighted by Crippen LogP contribution is -2.31. The summed E-state index contributed by atoms with van der Waals surface area (Å²) in [5.41, 5.74) is 1.24. The van der Waals surface area contributed by atoms with Crippen molar-refractivity contribution in [1.29, 1.82) is 0 Å². The molecular formula is C12H16O2S. The number of hydrogen-bond donors (Lipinski definition) is 1. The van der Waals surface area contributed by atoms with Gasteiger partial charge >= 0.3 is 0 Å².